The van der Waals surface area contributed by atoms with Crippen LogP contribution in [0.1, 0.15) is 22.8 Å². The number of primary amides is 1. The Morgan fingerprint density at radius 3 is 2.56 bits per heavy atom. The predicted octanol–water partition coefficient (Wildman–Crippen LogP) is 3.08. The monoisotopic (exact) mass is 344 g/mol. The zero-order valence-electron chi connectivity index (χ0n) is 14.2. The fraction of sp³-hybridized carbons (Fsp3) is 0.278. The normalized spacial score (nSPS) is 10.5. The van der Waals surface area contributed by atoms with Gasteiger partial charge in [0.2, 0.25) is 5.91 Å². The third-order valence-electron chi connectivity index (χ3n) is 3.68. The zero-order chi connectivity index (χ0) is 18.4. The maximum Gasteiger partial charge on any atom is 0.270 e. The van der Waals surface area contributed by atoms with Gasteiger partial charge in [0.25, 0.3) is 5.69 Å². The van der Waals surface area contributed by atoms with Crippen LogP contribution in [0.2, 0.25) is 0 Å². The number of hydrogen-bond acceptors (Lipinski definition) is 5. The molecule has 2 aromatic rings. The number of aryl methyl sites for hydroxylation is 1. The second-order valence-electron chi connectivity index (χ2n) is 5.37. The molecule has 7 nitrogen and oxygen atoms in total. The third-order valence-corrected chi connectivity index (χ3v) is 3.68. The number of carbonyl (C=O) groups is 1. The van der Waals surface area contributed by atoms with Crippen LogP contribution in [0.15, 0.2) is 36.4 Å². The van der Waals surface area contributed by atoms with Gasteiger partial charge in [-0.2, -0.15) is 0 Å². The molecular formula is C18H20N2O5. The lowest BCUT2D eigenvalue weighted by atomic mass is 9.95. The van der Waals surface area contributed by atoms with Gasteiger partial charge in [0, 0.05) is 24.3 Å². The first-order valence-electron chi connectivity index (χ1n) is 7.83. The largest absolute Gasteiger partial charge is 0.491 e. The highest BCUT2D eigenvalue weighted by molar-refractivity contribution is 6.00. The summed E-state index contributed by atoms with van der Waals surface area (Å²) in [5.41, 5.74) is 7.54. The number of nitro benzene ring substituents is 1. The molecule has 0 saturated heterocycles. The average Bonchev–Trinajstić information content (AvgIpc) is 2.58. The average molecular weight is 344 g/mol. The predicted molar refractivity (Wildman–Crippen MR) is 93.8 cm³/mol. The van der Waals surface area contributed by atoms with E-state index in [4.69, 9.17) is 15.2 Å². The van der Waals surface area contributed by atoms with Crippen molar-refractivity contribution in [2.24, 2.45) is 5.73 Å². The minimum atomic E-state index is -0.609. The molecule has 7 heteroatoms. The Bertz CT molecular complexity index is 789. The molecule has 2 rings (SSSR count). The summed E-state index contributed by atoms with van der Waals surface area (Å²) < 4.78 is 10.8. The van der Waals surface area contributed by atoms with Crippen molar-refractivity contribution >= 4 is 11.6 Å². The van der Waals surface area contributed by atoms with Crippen molar-refractivity contribution in [1.82, 2.24) is 0 Å². The molecule has 2 aromatic carbocycles. The second kappa shape index (κ2) is 8.25. The molecule has 0 spiro atoms. The van der Waals surface area contributed by atoms with Gasteiger partial charge in [-0.25, -0.2) is 0 Å². The number of hydrogen-bond donors (Lipinski definition) is 1. The van der Waals surface area contributed by atoms with Crippen molar-refractivity contribution in [2.45, 2.75) is 13.8 Å². The van der Waals surface area contributed by atoms with Crippen LogP contribution in [-0.2, 0) is 4.74 Å². The number of rotatable bonds is 8. The Labute approximate surface area is 145 Å². The molecule has 1 amide bonds. The van der Waals surface area contributed by atoms with Crippen LogP contribution in [0.4, 0.5) is 5.69 Å². The Morgan fingerprint density at radius 1 is 1.16 bits per heavy atom. The van der Waals surface area contributed by atoms with Crippen molar-refractivity contribution < 1.29 is 19.2 Å². The van der Waals surface area contributed by atoms with E-state index in [0.29, 0.717) is 36.7 Å². The van der Waals surface area contributed by atoms with E-state index in [9.17, 15) is 14.9 Å². The molecule has 0 saturated carbocycles. The van der Waals surface area contributed by atoms with E-state index < -0.39 is 10.8 Å². The van der Waals surface area contributed by atoms with Gasteiger partial charge in [-0.3, -0.25) is 14.9 Å². The summed E-state index contributed by atoms with van der Waals surface area (Å²) in [7, 11) is 0. The van der Waals surface area contributed by atoms with E-state index >= 15 is 0 Å². The van der Waals surface area contributed by atoms with Crippen LogP contribution in [-0.4, -0.2) is 30.7 Å². The Kier molecular flexibility index (Phi) is 6.08. The highest BCUT2D eigenvalue weighted by Crippen LogP contribution is 2.32. The Hall–Kier alpha value is -2.93. The summed E-state index contributed by atoms with van der Waals surface area (Å²) in [5, 5.41) is 11.1. The molecule has 0 aliphatic rings. The van der Waals surface area contributed by atoms with Gasteiger partial charge in [-0.1, -0.05) is 6.07 Å². The number of benzene rings is 2. The lowest BCUT2D eigenvalue weighted by molar-refractivity contribution is -0.384. The quantitative estimate of drug-likeness (QED) is 0.450. The maximum absolute atomic E-state index is 11.8. The van der Waals surface area contributed by atoms with E-state index in [2.05, 4.69) is 0 Å². The summed E-state index contributed by atoms with van der Waals surface area (Å²) in [6.07, 6.45) is 0. The molecule has 0 aromatic heterocycles. The number of carbonyl (C=O) groups excluding carboxylic acids is 1. The summed E-state index contributed by atoms with van der Waals surface area (Å²) in [4.78, 5) is 22.3. The fourth-order valence-corrected chi connectivity index (χ4v) is 2.43. The molecule has 0 fully saturated rings. The lowest BCUT2D eigenvalue weighted by Gasteiger charge is -2.13. The van der Waals surface area contributed by atoms with Gasteiger partial charge >= 0.3 is 0 Å². The molecule has 0 bridgehead atoms. The molecule has 0 heterocycles. The smallest absolute Gasteiger partial charge is 0.270 e. The number of nitrogens with zero attached hydrogens (tertiary/aromatic N) is 1. The van der Waals surface area contributed by atoms with E-state index in [-0.39, 0.29) is 11.3 Å². The number of amides is 1. The third kappa shape index (κ3) is 4.54. The van der Waals surface area contributed by atoms with Crippen LogP contribution in [0.25, 0.3) is 11.1 Å². The van der Waals surface area contributed by atoms with Gasteiger partial charge < -0.3 is 15.2 Å². The summed E-state index contributed by atoms with van der Waals surface area (Å²) in [6.45, 7) is 5.11. The highest BCUT2D eigenvalue weighted by atomic mass is 16.6. The zero-order valence-corrected chi connectivity index (χ0v) is 14.2. The molecule has 2 N–H and O–H groups in total. The van der Waals surface area contributed by atoms with E-state index in [1.54, 1.807) is 24.3 Å². The Morgan fingerprint density at radius 2 is 1.92 bits per heavy atom. The van der Waals surface area contributed by atoms with Crippen LogP contribution in [0, 0.1) is 17.0 Å². The molecule has 25 heavy (non-hydrogen) atoms. The van der Waals surface area contributed by atoms with E-state index in [1.807, 2.05) is 13.8 Å². The van der Waals surface area contributed by atoms with E-state index in [1.165, 1.54) is 12.1 Å². The van der Waals surface area contributed by atoms with Crippen LogP contribution in [0.5, 0.6) is 5.75 Å². The highest BCUT2D eigenvalue weighted by Gasteiger charge is 2.16. The number of ether oxygens (including phenoxy) is 2. The van der Waals surface area contributed by atoms with Crippen molar-refractivity contribution in [1.29, 1.82) is 0 Å². The molecule has 132 valence electrons. The minimum absolute atomic E-state index is 0.0568. The summed E-state index contributed by atoms with van der Waals surface area (Å²) in [5.74, 6) is -0.0765. The summed E-state index contributed by atoms with van der Waals surface area (Å²) >= 11 is 0. The Balaban J connectivity index is 2.45. The van der Waals surface area contributed by atoms with Crippen LogP contribution < -0.4 is 10.5 Å². The first-order chi connectivity index (χ1) is 11.9. The lowest BCUT2D eigenvalue weighted by Crippen LogP contribution is -2.13. The topological polar surface area (TPSA) is 105 Å². The number of non-ortho nitro benzene ring substituents is 1. The van der Waals surface area contributed by atoms with Gasteiger partial charge in [0.1, 0.15) is 12.4 Å². The van der Waals surface area contributed by atoms with Crippen LogP contribution >= 0.6 is 0 Å². The van der Waals surface area contributed by atoms with Crippen molar-refractivity contribution in [3.8, 4) is 16.9 Å². The first kappa shape index (κ1) is 18.4. The van der Waals surface area contributed by atoms with Gasteiger partial charge in [0.15, 0.2) is 0 Å². The molecule has 0 unspecified atom stereocenters. The minimum Gasteiger partial charge on any atom is -0.491 e. The SMILES string of the molecule is CCOCCOc1ccc(C(N)=O)c(-c2cc([N+](=O)[O-])ccc2C)c1. The maximum atomic E-state index is 11.8. The van der Waals surface area contributed by atoms with Gasteiger partial charge in [0.05, 0.1) is 11.5 Å². The van der Waals surface area contributed by atoms with Crippen molar-refractivity contribution in [3.05, 3.63) is 57.6 Å². The van der Waals surface area contributed by atoms with Gasteiger partial charge in [-0.15, -0.1) is 0 Å². The number of nitro groups is 1. The fourth-order valence-electron chi connectivity index (χ4n) is 2.43. The molecule has 0 atom stereocenters. The molecule has 0 aliphatic heterocycles. The standard InChI is InChI=1S/C18H20N2O5/c1-3-24-8-9-25-14-6-7-15(18(19)21)17(11-14)16-10-13(20(22)23)5-4-12(16)2/h4-7,10-11H,3,8-9H2,1-2H3,(H2,19,21). The molecule has 0 aliphatic carbocycles. The first-order valence-corrected chi connectivity index (χ1v) is 7.83. The second-order valence-corrected chi connectivity index (χ2v) is 5.37. The summed E-state index contributed by atoms with van der Waals surface area (Å²) in [6, 6.07) is 9.36. The van der Waals surface area contributed by atoms with E-state index in [0.717, 1.165) is 5.56 Å². The van der Waals surface area contributed by atoms with Crippen LogP contribution in [0.3, 0.4) is 0 Å². The molecule has 0 radical (unpaired) electrons. The van der Waals surface area contributed by atoms with Crippen molar-refractivity contribution in [2.75, 3.05) is 19.8 Å². The van der Waals surface area contributed by atoms with Gasteiger partial charge in [-0.05, 0) is 48.7 Å². The number of nitrogens with two attached hydrogens (primary N) is 1. The molecular weight excluding hydrogens is 324 g/mol. The van der Waals surface area contributed by atoms with Crippen molar-refractivity contribution in [3.63, 3.8) is 0 Å².